The van der Waals surface area contributed by atoms with Crippen LogP contribution in [-0.4, -0.2) is 18.1 Å². The Morgan fingerprint density at radius 2 is 2.04 bits per heavy atom. The predicted octanol–water partition coefficient (Wildman–Crippen LogP) is 5.04. The number of halogens is 1. The molecule has 2 amide bonds. The molecule has 26 heavy (non-hydrogen) atoms. The first-order valence-electron chi connectivity index (χ1n) is 7.65. The van der Waals surface area contributed by atoms with Gasteiger partial charge in [-0.25, -0.2) is 14.2 Å². The van der Waals surface area contributed by atoms with Crippen LogP contribution in [0.4, 0.5) is 20.0 Å². The number of urea groups is 1. The molecule has 0 aliphatic rings. The van der Waals surface area contributed by atoms with Gasteiger partial charge in [0.1, 0.15) is 0 Å². The van der Waals surface area contributed by atoms with Crippen molar-refractivity contribution < 1.29 is 18.7 Å². The molecule has 0 unspecified atom stereocenters. The third kappa shape index (κ3) is 4.09. The second-order valence-electron chi connectivity index (χ2n) is 5.29. The number of carbonyl (C=O) groups excluding carboxylic acids is 1. The van der Waals surface area contributed by atoms with Crippen molar-refractivity contribution in [1.29, 1.82) is 0 Å². The van der Waals surface area contributed by atoms with Gasteiger partial charge in [-0.1, -0.05) is 12.1 Å². The highest BCUT2D eigenvalue weighted by Gasteiger charge is 2.15. The van der Waals surface area contributed by atoms with Crippen molar-refractivity contribution in [2.75, 3.05) is 17.7 Å². The minimum atomic E-state index is -0.566. The van der Waals surface area contributed by atoms with Gasteiger partial charge in [-0.05, 0) is 36.8 Å². The van der Waals surface area contributed by atoms with Crippen molar-refractivity contribution in [2.45, 2.75) is 6.92 Å². The Bertz CT molecular complexity index is 916. The van der Waals surface area contributed by atoms with E-state index in [4.69, 9.17) is 9.47 Å². The van der Waals surface area contributed by atoms with Crippen LogP contribution >= 0.6 is 11.3 Å². The van der Waals surface area contributed by atoms with Crippen LogP contribution in [0, 0.1) is 12.7 Å². The molecule has 1 heterocycles. The summed E-state index contributed by atoms with van der Waals surface area (Å²) >= 11 is 1.30. The number of hydrogen-bond acceptors (Lipinski definition) is 5. The van der Waals surface area contributed by atoms with Crippen LogP contribution in [0.1, 0.15) is 5.56 Å². The van der Waals surface area contributed by atoms with E-state index in [2.05, 4.69) is 15.6 Å². The van der Waals surface area contributed by atoms with Crippen LogP contribution in [0.3, 0.4) is 0 Å². The van der Waals surface area contributed by atoms with Gasteiger partial charge in [0.25, 0.3) is 0 Å². The third-order valence-corrected chi connectivity index (χ3v) is 4.09. The highest BCUT2D eigenvalue weighted by molar-refractivity contribution is 7.13. The molecule has 1 aromatic heterocycles. The lowest BCUT2D eigenvalue weighted by atomic mass is 10.2. The number of methoxy groups -OCH3 is 1. The molecule has 0 radical (unpaired) electrons. The molecular formula is C18H16FN3O3S. The number of thiazole rings is 1. The molecule has 2 N–H and O–H groups in total. The van der Waals surface area contributed by atoms with E-state index in [0.29, 0.717) is 16.6 Å². The standard InChI is InChI=1S/C18H16FN3O3S/c1-11-6-7-13(21-17(23)22-18-20-8-9-26-18)15(10-11)25-16-12(19)4-3-5-14(16)24-2/h3-10H,1-2H3,(H2,20,21,22,23). The number of hydrogen-bond donors (Lipinski definition) is 2. The Hall–Kier alpha value is -3.13. The van der Waals surface area contributed by atoms with Crippen molar-refractivity contribution in [3.8, 4) is 17.2 Å². The molecule has 3 rings (SSSR count). The van der Waals surface area contributed by atoms with E-state index in [0.717, 1.165) is 5.56 Å². The molecule has 0 aliphatic carbocycles. The number of aryl methyl sites for hydroxylation is 1. The van der Waals surface area contributed by atoms with Crippen molar-refractivity contribution >= 4 is 28.2 Å². The molecule has 0 spiro atoms. The number of nitrogens with zero attached hydrogens (tertiary/aromatic N) is 1. The lowest BCUT2D eigenvalue weighted by Crippen LogP contribution is -2.19. The average molecular weight is 373 g/mol. The van der Waals surface area contributed by atoms with Crippen molar-refractivity contribution in [3.63, 3.8) is 0 Å². The number of para-hydroxylation sites is 1. The van der Waals surface area contributed by atoms with Crippen LogP contribution in [0.5, 0.6) is 17.2 Å². The molecule has 8 heteroatoms. The van der Waals surface area contributed by atoms with Gasteiger partial charge in [-0.15, -0.1) is 11.3 Å². The Balaban J connectivity index is 1.86. The van der Waals surface area contributed by atoms with Gasteiger partial charge < -0.3 is 14.8 Å². The minimum absolute atomic E-state index is 0.0519. The van der Waals surface area contributed by atoms with Crippen LogP contribution in [0.15, 0.2) is 48.0 Å². The highest BCUT2D eigenvalue weighted by atomic mass is 32.1. The quantitative estimate of drug-likeness (QED) is 0.657. The van der Waals surface area contributed by atoms with Crippen LogP contribution in [-0.2, 0) is 0 Å². The predicted molar refractivity (Wildman–Crippen MR) is 99.0 cm³/mol. The van der Waals surface area contributed by atoms with Crippen molar-refractivity contribution in [1.82, 2.24) is 4.98 Å². The van der Waals surface area contributed by atoms with E-state index in [9.17, 15) is 9.18 Å². The van der Waals surface area contributed by atoms with Crippen LogP contribution in [0.2, 0.25) is 0 Å². The maximum absolute atomic E-state index is 14.2. The normalized spacial score (nSPS) is 10.3. The van der Waals surface area contributed by atoms with Gasteiger partial charge in [0, 0.05) is 11.6 Å². The van der Waals surface area contributed by atoms with E-state index in [-0.39, 0.29) is 11.5 Å². The number of rotatable bonds is 5. The van der Waals surface area contributed by atoms with E-state index >= 15 is 0 Å². The molecule has 0 bridgehead atoms. The second kappa shape index (κ2) is 7.83. The summed E-state index contributed by atoms with van der Waals surface area (Å²) in [4.78, 5) is 16.1. The summed E-state index contributed by atoms with van der Waals surface area (Å²) in [7, 11) is 1.43. The fourth-order valence-electron chi connectivity index (χ4n) is 2.21. The molecule has 0 aliphatic heterocycles. The number of anilines is 2. The third-order valence-electron chi connectivity index (χ3n) is 3.40. The lowest BCUT2D eigenvalue weighted by molar-refractivity contribution is 0.262. The van der Waals surface area contributed by atoms with Gasteiger partial charge in [-0.3, -0.25) is 5.32 Å². The highest BCUT2D eigenvalue weighted by Crippen LogP contribution is 2.37. The summed E-state index contributed by atoms with van der Waals surface area (Å²) in [6, 6.07) is 9.10. The second-order valence-corrected chi connectivity index (χ2v) is 6.18. The zero-order valence-electron chi connectivity index (χ0n) is 14.1. The fraction of sp³-hybridized carbons (Fsp3) is 0.111. The first-order valence-corrected chi connectivity index (χ1v) is 8.53. The summed E-state index contributed by atoms with van der Waals surface area (Å²) in [6.07, 6.45) is 1.59. The summed E-state index contributed by atoms with van der Waals surface area (Å²) in [6.45, 7) is 1.87. The van der Waals surface area contributed by atoms with Crippen LogP contribution in [0.25, 0.3) is 0 Å². The zero-order chi connectivity index (χ0) is 18.5. The summed E-state index contributed by atoms with van der Waals surface area (Å²) in [5, 5.41) is 7.51. The Labute approximate surface area is 153 Å². The molecule has 134 valence electrons. The first kappa shape index (κ1) is 17.7. The van der Waals surface area contributed by atoms with Crippen molar-refractivity contribution in [3.05, 3.63) is 59.4 Å². The molecule has 0 saturated heterocycles. The maximum atomic E-state index is 14.2. The molecule has 2 aromatic carbocycles. The number of benzene rings is 2. The van der Waals surface area contributed by atoms with Crippen LogP contribution < -0.4 is 20.1 Å². The average Bonchev–Trinajstić information content (AvgIpc) is 3.12. The molecular weight excluding hydrogens is 357 g/mol. The topological polar surface area (TPSA) is 72.5 Å². The van der Waals surface area contributed by atoms with Gasteiger partial charge in [-0.2, -0.15) is 0 Å². The molecule has 3 aromatic rings. The first-order chi connectivity index (χ1) is 12.6. The van der Waals surface area contributed by atoms with Gasteiger partial charge >= 0.3 is 6.03 Å². The Kier molecular flexibility index (Phi) is 5.33. The molecule has 0 atom stereocenters. The SMILES string of the molecule is COc1cccc(F)c1Oc1cc(C)ccc1NC(=O)Nc1nccs1. The molecule has 0 fully saturated rings. The number of ether oxygens (including phenoxy) is 2. The van der Waals surface area contributed by atoms with Gasteiger partial charge in [0.15, 0.2) is 22.4 Å². The van der Waals surface area contributed by atoms with E-state index in [1.807, 2.05) is 13.0 Å². The molecule has 6 nitrogen and oxygen atoms in total. The maximum Gasteiger partial charge on any atom is 0.325 e. The largest absolute Gasteiger partial charge is 0.493 e. The Morgan fingerprint density at radius 3 is 2.77 bits per heavy atom. The number of aromatic nitrogens is 1. The lowest BCUT2D eigenvalue weighted by Gasteiger charge is -2.15. The van der Waals surface area contributed by atoms with E-state index in [1.165, 1.54) is 30.6 Å². The minimum Gasteiger partial charge on any atom is -0.493 e. The summed E-state index contributed by atoms with van der Waals surface area (Å²) in [5.74, 6) is -0.0691. The molecule has 0 saturated carbocycles. The zero-order valence-corrected chi connectivity index (χ0v) is 14.9. The monoisotopic (exact) mass is 373 g/mol. The van der Waals surface area contributed by atoms with Crippen molar-refractivity contribution in [2.24, 2.45) is 0 Å². The van der Waals surface area contributed by atoms with Gasteiger partial charge in [0.2, 0.25) is 5.75 Å². The number of nitrogens with one attached hydrogen (secondary N) is 2. The van der Waals surface area contributed by atoms with E-state index < -0.39 is 11.8 Å². The summed E-state index contributed by atoms with van der Waals surface area (Å²) in [5.41, 5.74) is 1.27. The summed E-state index contributed by atoms with van der Waals surface area (Å²) < 4.78 is 25.0. The van der Waals surface area contributed by atoms with E-state index in [1.54, 1.807) is 29.8 Å². The smallest absolute Gasteiger partial charge is 0.325 e. The fourth-order valence-corrected chi connectivity index (χ4v) is 2.74. The number of amides is 2. The Morgan fingerprint density at radius 1 is 1.19 bits per heavy atom. The van der Waals surface area contributed by atoms with Gasteiger partial charge in [0.05, 0.1) is 12.8 Å². The number of carbonyl (C=O) groups is 1.